The Morgan fingerprint density at radius 2 is 2.20 bits per heavy atom. The summed E-state index contributed by atoms with van der Waals surface area (Å²) < 4.78 is 5.20. The molecule has 106 valence electrons. The van der Waals surface area contributed by atoms with Crippen molar-refractivity contribution in [3.8, 4) is 5.75 Å². The lowest BCUT2D eigenvalue weighted by molar-refractivity contribution is -0.137. The van der Waals surface area contributed by atoms with Crippen LogP contribution in [0.4, 0.5) is 5.69 Å². The van der Waals surface area contributed by atoms with E-state index in [-0.39, 0.29) is 24.7 Å². The SMILES string of the molecule is CCC(CC(=O)O)C(=O)c1ccc2c(c1)NC(=O)CO2. The first-order valence-electron chi connectivity index (χ1n) is 6.34. The second-order valence-electron chi connectivity index (χ2n) is 4.62. The molecule has 20 heavy (non-hydrogen) atoms. The maximum atomic E-state index is 12.3. The fraction of sp³-hybridized carbons (Fsp3) is 0.357. The van der Waals surface area contributed by atoms with Crippen LogP contribution in [0, 0.1) is 5.92 Å². The summed E-state index contributed by atoms with van der Waals surface area (Å²) in [6, 6.07) is 4.72. The smallest absolute Gasteiger partial charge is 0.304 e. The first-order chi connectivity index (χ1) is 9.51. The lowest BCUT2D eigenvalue weighted by Crippen LogP contribution is -2.26. The van der Waals surface area contributed by atoms with E-state index in [2.05, 4.69) is 5.32 Å². The zero-order chi connectivity index (χ0) is 14.7. The number of ether oxygens (including phenoxy) is 1. The van der Waals surface area contributed by atoms with E-state index in [9.17, 15) is 14.4 Å². The number of fused-ring (bicyclic) bond motifs is 1. The van der Waals surface area contributed by atoms with Crippen LogP contribution in [-0.4, -0.2) is 29.4 Å². The molecule has 1 aliphatic heterocycles. The third-order valence-corrected chi connectivity index (χ3v) is 3.18. The Labute approximate surface area is 115 Å². The summed E-state index contributed by atoms with van der Waals surface area (Å²) in [5, 5.41) is 11.4. The van der Waals surface area contributed by atoms with Gasteiger partial charge in [0.15, 0.2) is 12.4 Å². The number of rotatable bonds is 5. The largest absolute Gasteiger partial charge is 0.482 e. The van der Waals surface area contributed by atoms with Crippen LogP contribution in [0.15, 0.2) is 18.2 Å². The van der Waals surface area contributed by atoms with Crippen LogP contribution in [0.2, 0.25) is 0 Å². The van der Waals surface area contributed by atoms with E-state index in [1.807, 2.05) is 0 Å². The topological polar surface area (TPSA) is 92.7 Å². The van der Waals surface area contributed by atoms with E-state index in [0.717, 1.165) is 0 Å². The van der Waals surface area contributed by atoms with E-state index in [1.54, 1.807) is 19.1 Å². The molecule has 0 radical (unpaired) electrons. The number of ketones is 1. The minimum absolute atomic E-state index is 0.0447. The highest BCUT2D eigenvalue weighted by Gasteiger charge is 2.23. The number of hydrogen-bond acceptors (Lipinski definition) is 4. The highest BCUT2D eigenvalue weighted by atomic mass is 16.5. The predicted octanol–water partition coefficient (Wildman–Crippen LogP) is 1.70. The van der Waals surface area contributed by atoms with E-state index in [1.165, 1.54) is 6.07 Å². The Hall–Kier alpha value is -2.37. The van der Waals surface area contributed by atoms with E-state index in [4.69, 9.17) is 9.84 Å². The molecule has 6 nitrogen and oxygen atoms in total. The number of aliphatic carboxylic acids is 1. The van der Waals surface area contributed by atoms with Crippen LogP contribution in [0.3, 0.4) is 0 Å². The van der Waals surface area contributed by atoms with Gasteiger partial charge in [-0.2, -0.15) is 0 Å². The van der Waals surface area contributed by atoms with Crippen LogP contribution in [-0.2, 0) is 9.59 Å². The molecule has 0 bridgehead atoms. The molecule has 0 aliphatic carbocycles. The second-order valence-corrected chi connectivity index (χ2v) is 4.62. The standard InChI is InChI=1S/C14H15NO5/c1-2-8(6-13(17)18)14(19)9-3-4-11-10(5-9)15-12(16)7-20-11/h3-5,8H,2,6-7H2,1H3,(H,15,16)(H,17,18). The monoisotopic (exact) mass is 277 g/mol. The van der Waals surface area contributed by atoms with Gasteiger partial charge >= 0.3 is 5.97 Å². The van der Waals surface area contributed by atoms with E-state index < -0.39 is 11.9 Å². The van der Waals surface area contributed by atoms with Gasteiger partial charge < -0.3 is 15.2 Å². The molecule has 1 atom stereocenters. The number of Topliss-reactive ketones (excluding diaryl/α,β-unsaturated/α-hetero) is 1. The van der Waals surface area contributed by atoms with Crippen molar-refractivity contribution in [3.63, 3.8) is 0 Å². The highest BCUT2D eigenvalue weighted by molar-refractivity contribution is 6.02. The molecular weight excluding hydrogens is 262 g/mol. The van der Waals surface area contributed by atoms with Gasteiger partial charge in [0.05, 0.1) is 12.1 Å². The third-order valence-electron chi connectivity index (χ3n) is 3.18. The molecule has 1 aliphatic rings. The van der Waals surface area contributed by atoms with Crippen molar-refractivity contribution in [3.05, 3.63) is 23.8 Å². The maximum absolute atomic E-state index is 12.3. The fourth-order valence-corrected chi connectivity index (χ4v) is 2.11. The Bertz CT molecular complexity index is 567. The van der Waals surface area contributed by atoms with Crippen LogP contribution in [0.1, 0.15) is 30.1 Å². The average molecular weight is 277 g/mol. The number of carbonyl (C=O) groups excluding carboxylic acids is 2. The number of carbonyl (C=O) groups is 3. The van der Waals surface area contributed by atoms with Gasteiger partial charge in [0.25, 0.3) is 5.91 Å². The van der Waals surface area contributed by atoms with Crippen molar-refractivity contribution in [2.75, 3.05) is 11.9 Å². The summed E-state index contributed by atoms with van der Waals surface area (Å²) in [5.41, 5.74) is 0.819. The first-order valence-corrected chi connectivity index (χ1v) is 6.34. The number of carboxylic acids is 1. The van der Waals surface area contributed by atoms with Crippen molar-refractivity contribution < 1.29 is 24.2 Å². The van der Waals surface area contributed by atoms with Crippen LogP contribution < -0.4 is 10.1 Å². The lowest BCUT2D eigenvalue weighted by Gasteiger charge is -2.19. The van der Waals surface area contributed by atoms with Gasteiger partial charge in [0.2, 0.25) is 0 Å². The van der Waals surface area contributed by atoms with Crippen LogP contribution in [0.25, 0.3) is 0 Å². The van der Waals surface area contributed by atoms with Gasteiger partial charge in [-0.15, -0.1) is 0 Å². The molecule has 0 fully saturated rings. The zero-order valence-electron chi connectivity index (χ0n) is 11.0. The zero-order valence-corrected chi connectivity index (χ0v) is 11.0. The molecule has 0 saturated carbocycles. The number of carboxylic acid groups (broad SMARTS) is 1. The Morgan fingerprint density at radius 1 is 1.45 bits per heavy atom. The van der Waals surface area contributed by atoms with Crippen molar-refractivity contribution in [1.29, 1.82) is 0 Å². The molecule has 1 aromatic carbocycles. The van der Waals surface area contributed by atoms with E-state index in [0.29, 0.717) is 23.4 Å². The van der Waals surface area contributed by atoms with Gasteiger partial charge in [-0.25, -0.2) is 0 Å². The van der Waals surface area contributed by atoms with Crippen LogP contribution >= 0.6 is 0 Å². The average Bonchev–Trinajstić information content (AvgIpc) is 2.43. The quantitative estimate of drug-likeness (QED) is 0.799. The molecule has 0 spiro atoms. The molecular formula is C14H15NO5. The molecule has 6 heteroatoms. The summed E-state index contributed by atoms with van der Waals surface area (Å²) in [7, 11) is 0. The highest BCUT2D eigenvalue weighted by Crippen LogP contribution is 2.30. The van der Waals surface area contributed by atoms with Crippen molar-refractivity contribution in [1.82, 2.24) is 0 Å². The molecule has 2 N–H and O–H groups in total. The molecule has 1 aromatic rings. The summed E-state index contributed by atoms with van der Waals surface area (Å²) in [4.78, 5) is 34.3. The van der Waals surface area contributed by atoms with Gasteiger partial charge in [0, 0.05) is 11.5 Å². The Morgan fingerprint density at radius 3 is 2.85 bits per heavy atom. The maximum Gasteiger partial charge on any atom is 0.304 e. The van der Waals surface area contributed by atoms with Crippen molar-refractivity contribution >= 4 is 23.3 Å². The number of hydrogen-bond donors (Lipinski definition) is 2. The third kappa shape index (κ3) is 2.96. The molecule has 0 saturated heterocycles. The van der Waals surface area contributed by atoms with Gasteiger partial charge in [0.1, 0.15) is 5.75 Å². The summed E-state index contributed by atoms with van der Waals surface area (Å²) in [5.74, 6) is -1.57. The van der Waals surface area contributed by atoms with E-state index >= 15 is 0 Å². The Kier molecular flexibility index (Phi) is 4.02. The predicted molar refractivity (Wildman–Crippen MR) is 70.9 cm³/mol. The van der Waals surface area contributed by atoms with Gasteiger partial charge in [-0.05, 0) is 24.6 Å². The second kappa shape index (κ2) is 5.73. The van der Waals surface area contributed by atoms with Crippen molar-refractivity contribution in [2.45, 2.75) is 19.8 Å². The first kappa shape index (κ1) is 14.0. The number of benzene rings is 1. The van der Waals surface area contributed by atoms with Gasteiger partial charge in [-0.3, -0.25) is 14.4 Å². The number of amides is 1. The number of nitrogens with one attached hydrogen (secondary N) is 1. The molecule has 2 rings (SSSR count). The molecule has 0 aromatic heterocycles. The number of anilines is 1. The summed E-state index contributed by atoms with van der Waals surface area (Å²) >= 11 is 0. The molecule has 1 amide bonds. The lowest BCUT2D eigenvalue weighted by atomic mass is 9.92. The minimum Gasteiger partial charge on any atom is -0.482 e. The Balaban J connectivity index is 2.24. The van der Waals surface area contributed by atoms with Crippen LogP contribution in [0.5, 0.6) is 5.75 Å². The normalized spacial score (nSPS) is 14.8. The van der Waals surface area contributed by atoms with Gasteiger partial charge in [-0.1, -0.05) is 6.92 Å². The minimum atomic E-state index is -1.00. The molecule has 1 heterocycles. The summed E-state index contributed by atoms with van der Waals surface area (Å²) in [6.07, 6.45) is 0.250. The van der Waals surface area contributed by atoms with Crippen molar-refractivity contribution in [2.24, 2.45) is 5.92 Å². The summed E-state index contributed by atoms with van der Waals surface area (Å²) in [6.45, 7) is 1.73. The fourth-order valence-electron chi connectivity index (χ4n) is 2.11. The molecule has 1 unspecified atom stereocenters.